The molecule has 2 aliphatic carbocycles. The molecule has 0 spiro atoms. The highest BCUT2D eigenvalue weighted by molar-refractivity contribution is 5.85. The van der Waals surface area contributed by atoms with E-state index >= 15 is 0 Å². The van der Waals surface area contributed by atoms with Gasteiger partial charge in [-0.2, -0.15) is 0 Å². The van der Waals surface area contributed by atoms with Gasteiger partial charge in [0.25, 0.3) is 0 Å². The van der Waals surface area contributed by atoms with Crippen LogP contribution in [0.25, 0.3) is 0 Å². The van der Waals surface area contributed by atoms with E-state index in [2.05, 4.69) is 34.6 Å². The Hall–Kier alpha value is -1.56. The summed E-state index contributed by atoms with van der Waals surface area (Å²) in [6.07, 6.45) is 11.2. The zero-order chi connectivity index (χ0) is 17.9. The molecule has 1 aromatic heterocycles. The number of hydrogen-bond acceptors (Lipinski definition) is 3. The van der Waals surface area contributed by atoms with Gasteiger partial charge < -0.3 is 15.6 Å². The van der Waals surface area contributed by atoms with Crippen LogP contribution in [-0.4, -0.2) is 21.5 Å². The van der Waals surface area contributed by atoms with Crippen molar-refractivity contribution >= 4 is 30.7 Å². The number of benzene rings is 1. The van der Waals surface area contributed by atoms with Crippen LogP contribution >= 0.6 is 24.8 Å². The first kappa shape index (κ1) is 22.7. The van der Waals surface area contributed by atoms with E-state index < -0.39 is 0 Å². The van der Waals surface area contributed by atoms with Gasteiger partial charge in [0.1, 0.15) is 0 Å². The zero-order valence-electron chi connectivity index (χ0n) is 16.0. The van der Waals surface area contributed by atoms with Gasteiger partial charge in [-0.1, -0.05) is 30.7 Å². The fraction of sp³-hybridized carbons (Fsp3) is 0.524. The second kappa shape index (κ2) is 10.3. The zero-order valence-corrected chi connectivity index (χ0v) is 17.6. The number of imidazole rings is 1. The summed E-state index contributed by atoms with van der Waals surface area (Å²) in [4.78, 5) is 16.8. The summed E-state index contributed by atoms with van der Waals surface area (Å²) in [5.74, 6) is 1.42. The molecule has 2 bridgehead atoms. The standard InChI is InChI=1S/C21H28N4O.2ClH/c22-20-17-5-2-6-18(20)11-19(10-17)21(26)24-12-15-3-1-4-16(9-15)13-25-8-7-23-14-25;;/h1,3-4,7-9,14,17-20H,2,5-6,10-13,22H2,(H,24,26);2*1H. The molecule has 3 N–H and O–H groups in total. The van der Waals surface area contributed by atoms with Crippen molar-refractivity contribution in [1.82, 2.24) is 14.9 Å². The van der Waals surface area contributed by atoms with E-state index in [1.165, 1.54) is 24.8 Å². The smallest absolute Gasteiger partial charge is 0.223 e. The van der Waals surface area contributed by atoms with Crippen LogP contribution in [0, 0.1) is 17.8 Å². The number of fused-ring (bicyclic) bond motifs is 2. The molecule has 2 aromatic rings. The molecule has 2 fully saturated rings. The van der Waals surface area contributed by atoms with Crippen LogP contribution in [0.3, 0.4) is 0 Å². The van der Waals surface area contributed by atoms with Crippen LogP contribution in [-0.2, 0) is 17.9 Å². The van der Waals surface area contributed by atoms with E-state index in [9.17, 15) is 4.79 Å². The monoisotopic (exact) mass is 424 g/mol. The lowest BCUT2D eigenvalue weighted by atomic mass is 9.65. The van der Waals surface area contributed by atoms with Crippen molar-refractivity contribution in [1.29, 1.82) is 0 Å². The maximum absolute atomic E-state index is 12.7. The maximum Gasteiger partial charge on any atom is 0.223 e. The van der Waals surface area contributed by atoms with Crippen LogP contribution in [0.15, 0.2) is 43.0 Å². The van der Waals surface area contributed by atoms with E-state index in [0.717, 1.165) is 24.9 Å². The molecule has 28 heavy (non-hydrogen) atoms. The summed E-state index contributed by atoms with van der Waals surface area (Å²) in [5.41, 5.74) is 8.70. The van der Waals surface area contributed by atoms with Crippen LogP contribution in [0.1, 0.15) is 43.2 Å². The summed E-state index contributed by atoms with van der Waals surface area (Å²) in [6, 6.07) is 8.70. The van der Waals surface area contributed by atoms with Gasteiger partial charge in [0.2, 0.25) is 5.91 Å². The van der Waals surface area contributed by atoms with E-state index in [-0.39, 0.29) is 36.6 Å². The lowest BCUT2D eigenvalue weighted by molar-refractivity contribution is -0.128. The third kappa shape index (κ3) is 5.28. The fourth-order valence-corrected chi connectivity index (χ4v) is 4.77. The van der Waals surface area contributed by atoms with Gasteiger partial charge >= 0.3 is 0 Å². The molecule has 7 heteroatoms. The van der Waals surface area contributed by atoms with Crippen molar-refractivity contribution in [2.75, 3.05) is 0 Å². The van der Waals surface area contributed by atoms with Gasteiger partial charge in [0.05, 0.1) is 6.33 Å². The van der Waals surface area contributed by atoms with Crippen LogP contribution in [0.5, 0.6) is 0 Å². The summed E-state index contributed by atoms with van der Waals surface area (Å²) in [7, 11) is 0. The van der Waals surface area contributed by atoms with E-state index in [1.54, 1.807) is 6.20 Å². The van der Waals surface area contributed by atoms with Crippen molar-refractivity contribution in [2.45, 2.75) is 51.2 Å². The third-order valence-electron chi connectivity index (χ3n) is 6.17. The SMILES string of the molecule is Cl.Cl.NC1C2CCCC1CC(C(=O)NCc1cccc(Cn3ccnc3)c1)C2. The van der Waals surface area contributed by atoms with E-state index in [4.69, 9.17) is 5.73 Å². The first-order chi connectivity index (χ1) is 12.7. The Labute approximate surface area is 179 Å². The second-order valence-corrected chi connectivity index (χ2v) is 7.97. The Morgan fingerprint density at radius 3 is 2.57 bits per heavy atom. The molecule has 2 saturated carbocycles. The minimum Gasteiger partial charge on any atom is -0.352 e. The summed E-state index contributed by atoms with van der Waals surface area (Å²) < 4.78 is 2.04. The largest absolute Gasteiger partial charge is 0.352 e. The van der Waals surface area contributed by atoms with Crippen LogP contribution in [0.4, 0.5) is 0 Å². The lowest BCUT2D eigenvalue weighted by Gasteiger charge is -2.43. The van der Waals surface area contributed by atoms with Crippen LogP contribution in [0.2, 0.25) is 0 Å². The maximum atomic E-state index is 12.7. The summed E-state index contributed by atoms with van der Waals surface area (Å²) >= 11 is 0. The fourth-order valence-electron chi connectivity index (χ4n) is 4.77. The highest BCUT2D eigenvalue weighted by atomic mass is 35.5. The normalized spacial score (nSPS) is 25.9. The van der Waals surface area contributed by atoms with Gasteiger partial charge in [-0.3, -0.25) is 4.79 Å². The highest BCUT2D eigenvalue weighted by Gasteiger charge is 2.40. The molecule has 2 aliphatic rings. The number of nitrogens with two attached hydrogens (primary N) is 1. The number of carbonyl (C=O) groups is 1. The minimum atomic E-state index is 0. The van der Waals surface area contributed by atoms with Gasteiger partial charge in [0.15, 0.2) is 0 Å². The molecule has 1 amide bonds. The Bertz CT molecular complexity index is 739. The molecule has 0 radical (unpaired) electrons. The second-order valence-electron chi connectivity index (χ2n) is 7.97. The number of halogens is 2. The first-order valence-electron chi connectivity index (χ1n) is 9.76. The average Bonchev–Trinajstić information content (AvgIpc) is 3.13. The molecule has 154 valence electrons. The van der Waals surface area contributed by atoms with Crippen molar-refractivity contribution in [3.63, 3.8) is 0 Å². The number of hydrogen-bond donors (Lipinski definition) is 2. The number of nitrogens with one attached hydrogen (secondary N) is 1. The first-order valence-corrected chi connectivity index (χ1v) is 9.76. The average molecular weight is 425 g/mol. The Morgan fingerprint density at radius 2 is 1.89 bits per heavy atom. The highest BCUT2D eigenvalue weighted by Crippen LogP contribution is 2.41. The Morgan fingerprint density at radius 1 is 1.18 bits per heavy atom. The van der Waals surface area contributed by atoms with Crippen molar-refractivity contribution < 1.29 is 4.79 Å². The molecule has 0 saturated heterocycles. The van der Waals surface area contributed by atoms with Crippen LogP contribution < -0.4 is 11.1 Å². The van der Waals surface area contributed by atoms with Crippen molar-refractivity contribution in [3.05, 3.63) is 54.1 Å². The number of carbonyl (C=O) groups excluding carboxylic acids is 1. The number of nitrogens with zero attached hydrogens (tertiary/aromatic N) is 2. The summed E-state index contributed by atoms with van der Waals surface area (Å²) in [6.45, 7) is 1.39. The third-order valence-corrected chi connectivity index (χ3v) is 6.17. The van der Waals surface area contributed by atoms with Crippen molar-refractivity contribution in [2.24, 2.45) is 23.5 Å². The predicted octanol–water partition coefficient (Wildman–Crippen LogP) is 3.54. The van der Waals surface area contributed by atoms with Gasteiger partial charge in [-0.05, 0) is 48.6 Å². The lowest BCUT2D eigenvalue weighted by Crippen LogP contribution is -2.49. The predicted molar refractivity (Wildman–Crippen MR) is 116 cm³/mol. The summed E-state index contributed by atoms with van der Waals surface area (Å²) in [5, 5.41) is 3.16. The number of rotatable bonds is 5. The van der Waals surface area contributed by atoms with E-state index in [0.29, 0.717) is 24.4 Å². The molecular formula is C21H30Cl2N4O. The quantitative estimate of drug-likeness (QED) is 0.770. The molecule has 2 atom stereocenters. The molecule has 2 unspecified atom stereocenters. The molecular weight excluding hydrogens is 395 g/mol. The molecule has 5 nitrogen and oxygen atoms in total. The van der Waals surface area contributed by atoms with Gasteiger partial charge in [-0.25, -0.2) is 4.98 Å². The van der Waals surface area contributed by atoms with Crippen molar-refractivity contribution in [3.8, 4) is 0 Å². The van der Waals surface area contributed by atoms with Gasteiger partial charge in [0, 0.05) is 37.4 Å². The van der Waals surface area contributed by atoms with Gasteiger partial charge in [-0.15, -0.1) is 24.8 Å². The molecule has 1 heterocycles. The molecule has 0 aliphatic heterocycles. The molecule has 4 rings (SSSR count). The molecule has 1 aromatic carbocycles. The topological polar surface area (TPSA) is 72.9 Å². The number of aromatic nitrogens is 2. The van der Waals surface area contributed by atoms with E-state index in [1.807, 2.05) is 17.1 Å². The minimum absolute atomic E-state index is 0. The Kier molecular flexibility index (Phi) is 8.35. The Balaban J connectivity index is 0.00000140. The number of amides is 1.